The van der Waals surface area contributed by atoms with Gasteiger partial charge in [-0.25, -0.2) is 4.98 Å². The molecule has 4 heterocycles. The topological polar surface area (TPSA) is 71.6 Å². The number of pyridine rings is 1. The fourth-order valence-electron chi connectivity index (χ4n) is 3.90. The number of likely N-dealkylation sites (N-methyl/N-ethyl adjacent to an activating group) is 1. The minimum absolute atomic E-state index is 0.0210. The number of nitrogens with zero attached hydrogens (tertiary/aromatic N) is 4. The molecule has 1 unspecified atom stereocenters. The van der Waals surface area contributed by atoms with Gasteiger partial charge in [-0.15, -0.1) is 0 Å². The predicted molar refractivity (Wildman–Crippen MR) is 100 cm³/mol. The van der Waals surface area contributed by atoms with Crippen molar-refractivity contribution in [1.29, 1.82) is 0 Å². The first-order valence-electron chi connectivity index (χ1n) is 9.14. The highest BCUT2D eigenvalue weighted by molar-refractivity contribution is 5.80. The summed E-state index contributed by atoms with van der Waals surface area (Å²) in [4.78, 5) is 32.0. The Hall–Kier alpha value is -2.67. The van der Waals surface area contributed by atoms with Crippen molar-refractivity contribution in [3.05, 3.63) is 47.0 Å². The molecular weight excluding hydrogens is 330 g/mol. The van der Waals surface area contributed by atoms with Crippen LogP contribution in [0.25, 0.3) is 16.7 Å². The minimum Gasteiger partial charge on any atom is -0.353 e. The molecule has 1 N–H and O–H groups in total. The summed E-state index contributed by atoms with van der Waals surface area (Å²) in [7, 11) is 0. The lowest BCUT2D eigenvalue weighted by Crippen LogP contribution is -2.42. The highest BCUT2D eigenvalue weighted by atomic mass is 16.2. The van der Waals surface area contributed by atoms with E-state index in [1.54, 1.807) is 12.3 Å². The molecule has 7 nitrogen and oxygen atoms in total. The third-order valence-corrected chi connectivity index (χ3v) is 5.24. The van der Waals surface area contributed by atoms with E-state index in [4.69, 9.17) is 0 Å². The quantitative estimate of drug-likeness (QED) is 0.749. The van der Waals surface area contributed by atoms with Crippen LogP contribution in [0.4, 0.5) is 0 Å². The van der Waals surface area contributed by atoms with Gasteiger partial charge in [-0.05, 0) is 50.2 Å². The van der Waals surface area contributed by atoms with Crippen LogP contribution in [0.15, 0.2) is 41.5 Å². The van der Waals surface area contributed by atoms with E-state index in [9.17, 15) is 9.59 Å². The van der Waals surface area contributed by atoms with Gasteiger partial charge in [-0.3, -0.25) is 19.1 Å². The largest absolute Gasteiger partial charge is 0.353 e. The van der Waals surface area contributed by atoms with Gasteiger partial charge < -0.3 is 9.72 Å². The highest BCUT2D eigenvalue weighted by Crippen LogP contribution is 2.16. The Labute approximate surface area is 151 Å². The highest BCUT2D eigenvalue weighted by Gasteiger charge is 2.23. The number of hydrogen-bond donors (Lipinski definition) is 1. The van der Waals surface area contributed by atoms with Crippen LogP contribution in [0.5, 0.6) is 0 Å². The molecule has 1 aliphatic heterocycles. The number of hydrogen-bond acceptors (Lipinski definition) is 4. The molecule has 0 aromatic carbocycles. The molecule has 1 atom stereocenters. The number of carbonyl (C=O) groups excluding carboxylic acids is 1. The molecule has 1 saturated heterocycles. The van der Waals surface area contributed by atoms with E-state index < -0.39 is 0 Å². The second-order valence-corrected chi connectivity index (χ2v) is 6.73. The van der Waals surface area contributed by atoms with Crippen molar-refractivity contribution in [1.82, 2.24) is 24.2 Å². The summed E-state index contributed by atoms with van der Waals surface area (Å²) in [5, 5.41) is 3.00. The molecule has 1 fully saturated rings. The standard InChI is InChI=1S/C19H23N5O2/c1-2-22-10-4-6-14(22)12-21-17(25)13-24-18-15(7-3-9-20-18)23-11-5-8-16(23)19(24)26/h3,5,7-9,11,14H,2,4,6,10,12-13H2,1H3,(H,21,25). The van der Waals surface area contributed by atoms with Crippen molar-refractivity contribution >= 4 is 22.6 Å². The zero-order chi connectivity index (χ0) is 18.1. The van der Waals surface area contributed by atoms with Crippen LogP contribution in [0.1, 0.15) is 19.8 Å². The van der Waals surface area contributed by atoms with Crippen LogP contribution in [-0.2, 0) is 11.3 Å². The first-order valence-corrected chi connectivity index (χ1v) is 9.14. The van der Waals surface area contributed by atoms with Crippen molar-refractivity contribution in [2.24, 2.45) is 0 Å². The van der Waals surface area contributed by atoms with Gasteiger partial charge in [0.25, 0.3) is 5.56 Å². The van der Waals surface area contributed by atoms with Gasteiger partial charge in [0.2, 0.25) is 5.91 Å². The van der Waals surface area contributed by atoms with Gasteiger partial charge in [0.1, 0.15) is 12.1 Å². The first kappa shape index (κ1) is 16.8. The van der Waals surface area contributed by atoms with Gasteiger partial charge in [0.15, 0.2) is 5.65 Å². The summed E-state index contributed by atoms with van der Waals surface area (Å²) < 4.78 is 3.28. The molecule has 7 heteroatoms. The van der Waals surface area contributed by atoms with Crippen molar-refractivity contribution < 1.29 is 4.79 Å². The van der Waals surface area contributed by atoms with Crippen LogP contribution < -0.4 is 10.9 Å². The zero-order valence-electron chi connectivity index (χ0n) is 14.9. The molecule has 3 aromatic heterocycles. The summed E-state index contributed by atoms with van der Waals surface area (Å²) in [5.41, 5.74) is 1.68. The normalized spacial score (nSPS) is 18.0. The SMILES string of the molecule is CCN1CCCC1CNC(=O)Cn1c(=O)c2cccn2c2cccnc21. The fraction of sp³-hybridized carbons (Fsp3) is 0.421. The predicted octanol–water partition coefficient (Wildman–Crippen LogP) is 1.25. The summed E-state index contributed by atoms with van der Waals surface area (Å²) in [6, 6.07) is 7.72. The number of amides is 1. The van der Waals surface area contributed by atoms with Crippen LogP contribution >= 0.6 is 0 Å². The lowest BCUT2D eigenvalue weighted by atomic mass is 10.2. The second-order valence-electron chi connectivity index (χ2n) is 6.73. The van der Waals surface area contributed by atoms with Crippen molar-refractivity contribution in [3.63, 3.8) is 0 Å². The lowest BCUT2D eigenvalue weighted by molar-refractivity contribution is -0.121. The van der Waals surface area contributed by atoms with Gasteiger partial charge in [0, 0.05) is 25.0 Å². The molecule has 0 spiro atoms. The average molecular weight is 353 g/mol. The molecule has 0 aliphatic carbocycles. The van der Waals surface area contributed by atoms with Crippen LogP contribution in [-0.4, -0.2) is 50.4 Å². The lowest BCUT2D eigenvalue weighted by Gasteiger charge is -2.23. The Kier molecular flexibility index (Phi) is 4.46. The van der Waals surface area contributed by atoms with E-state index in [2.05, 4.69) is 22.1 Å². The number of nitrogens with one attached hydrogen (secondary N) is 1. The maximum Gasteiger partial charge on any atom is 0.276 e. The summed E-state index contributed by atoms with van der Waals surface area (Å²) >= 11 is 0. The van der Waals surface area contributed by atoms with E-state index >= 15 is 0 Å². The fourth-order valence-corrected chi connectivity index (χ4v) is 3.90. The van der Waals surface area contributed by atoms with E-state index in [0.29, 0.717) is 23.8 Å². The third-order valence-electron chi connectivity index (χ3n) is 5.24. The number of aromatic nitrogens is 3. The summed E-state index contributed by atoms with van der Waals surface area (Å²) in [6.07, 6.45) is 5.76. The molecular formula is C19H23N5O2. The molecule has 0 bridgehead atoms. The Morgan fingerprint density at radius 3 is 3.00 bits per heavy atom. The maximum absolute atomic E-state index is 12.8. The summed E-state index contributed by atoms with van der Waals surface area (Å²) in [6.45, 7) is 4.84. The first-order chi connectivity index (χ1) is 12.7. The minimum atomic E-state index is -0.201. The molecule has 136 valence electrons. The Balaban J connectivity index is 1.59. The molecule has 0 saturated carbocycles. The van der Waals surface area contributed by atoms with E-state index in [0.717, 1.165) is 25.0 Å². The Morgan fingerprint density at radius 2 is 2.15 bits per heavy atom. The van der Waals surface area contributed by atoms with Gasteiger partial charge in [-0.2, -0.15) is 0 Å². The third kappa shape index (κ3) is 2.88. The van der Waals surface area contributed by atoms with Gasteiger partial charge >= 0.3 is 0 Å². The molecule has 1 amide bonds. The number of rotatable bonds is 5. The molecule has 0 radical (unpaired) electrons. The zero-order valence-corrected chi connectivity index (χ0v) is 14.9. The Morgan fingerprint density at radius 1 is 1.31 bits per heavy atom. The maximum atomic E-state index is 12.8. The van der Waals surface area contributed by atoms with Crippen molar-refractivity contribution in [2.45, 2.75) is 32.4 Å². The second kappa shape index (κ2) is 6.92. The van der Waals surface area contributed by atoms with E-state index in [1.807, 2.05) is 28.8 Å². The van der Waals surface area contributed by atoms with Crippen LogP contribution in [0.2, 0.25) is 0 Å². The smallest absolute Gasteiger partial charge is 0.276 e. The van der Waals surface area contributed by atoms with Crippen LogP contribution in [0, 0.1) is 0 Å². The summed E-state index contributed by atoms with van der Waals surface area (Å²) in [5.74, 6) is -0.155. The average Bonchev–Trinajstić information content (AvgIpc) is 3.32. The van der Waals surface area contributed by atoms with E-state index in [-0.39, 0.29) is 18.0 Å². The van der Waals surface area contributed by atoms with Crippen LogP contribution in [0.3, 0.4) is 0 Å². The molecule has 1 aliphatic rings. The van der Waals surface area contributed by atoms with Gasteiger partial charge in [-0.1, -0.05) is 6.92 Å². The molecule has 4 rings (SSSR count). The number of carbonyl (C=O) groups is 1. The Bertz CT molecular complexity index is 1010. The van der Waals surface area contributed by atoms with Crippen molar-refractivity contribution in [3.8, 4) is 0 Å². The molecule has 26 heavy (non-hydrogen) atoms. The number of fused-ring (bicyclic) bond motifs is 3. The monoisotopic (exact) mass is 353 g/mol. The van der Waals surface area contributed by atoms with Crippen molar-refractivity contribution in [2.75, 3.05) is 19.6 Å². The van der Waals surface area contributed by atoms with Gasteiger partial charge in [0.05, 0.1) is 5.52 Å². The number of likely N-dealkylation sites (tertiary alicyclic amines) is 1. The molecule has 3 aromatic rings. The van der Waals surface area contributed by atoms with E-state index in [1.165, 1.54) is 11.0 Å².